The van der Waals surface area contributed by atoms with Gasteiger partial charge in [0.25, 0.3) is 0 Å². The van der Waals surface area contributed by atoms with Gasteiger partial charge in [-0.1, -0.05) is 13.3 Å². The van der Waals surface area contributed by atoms with Crippen LogP contribution in [0.3, 0.4) is 0 Å². The van der Waals surface area contributed by atoms with Crippen molar-refractivity contribution >= 4 is 5.91 Å². The van der Waals surface area contributed by atoms with E-state index >= 15 is 0 Å². The van der Waals surface area contributed by atoms with E-state index < -0.39 is 0 Å². The first-order valence-electron chi connectivity index (χ1n) is 7.36. The predicted octanol–water partition coefficient (Wildman–Crippen LogP) is 0.930. The summed E-state index contributed by atoms with van der Waals surface area (Å²) in [6, 6.07) is 0. The van der Waals surface area contributed by atoms with Gasteiger partial charge in [0.15, 0.2) is 0 Å². The van der Waals surface area contributed by atoms with E-state index in [1.165, 1.54) is 0 Å². The van der Waals surface area contributed by atoms with E-state index in [2.05, 4.69) is 29.1 Å². The third kappa shape index (κ3) is 2.86. The Hall–Kier alpha value is -0.610. The van der Waals surface area contributed by atoms with Gasteiger partial charge in [-0.3, -0.25) is 4.79 Å². The number of carbonyl (C=O) groups is 1. The van der Waals surface area contributed by atoms with Gasteiger partial charge in [0, 0.05) is 26.2 Å². The first kappa shape index (κ1) is 13.8. The molecule has 1 amide bonds. The van der Waals surface area contributed by atoms with Crippen LogP contribution in [0.4, 0.5) is 0 Å². The zero-order chi connectivity index (χ0) is 13.0. The number of rotatable bonds is 3. The average molecular weight is 253 g/mol. The molecule has 0 aromatic carbocycles. The Morgan fingerprint density at radius 2 is 2.11 bits per heavy atom. The third-order valence-electron chi connectivity index (χ3n) is 4.43. The number of amides is 1. The minimum atomic E-state index is -0.0995. The molecule has 104 valence electrons. The largest absolute Gasteiger partial charge is 0.341 e. The average Bonchev–Trinajstić information content (AvgIpc) is 2.72. The molecule has 2 rings (SSSR count). The number of hydrogen-bond donors (Lipinski definition) is 1. The van der Waals surface area contributed by atoms with E-state index in [0.29, 0.717) is 5.91 Å². The molecule has 0 aromatic rings. The second kappa shape index (κ2) is 6.02. The zero-order valence-electron chi connectivity index (χ0n) is 11.9. The molecule has 1 atom stereocenters. The molecular formula is C14H27N3O. The van der Waals surface area contributed by atoms with Gasteiger partial charge in [-0.15, -0.1) is 0 Å². The summed E-state index contributed by atoms with van der Waals surface area (Å²) in [6.07, 6.45) is 4.26. The summed E-state index contributed by atoms with van der Waals surface area (Å²) in [5.74, 6) is 0.407. The molecule has 0 bridgehead atoms. The number of nitrogens with one attached hydrogen (secondary N) is 1. The highest BCUT2D eigenvalue weighted by Gasteiger charge is 2.42. The van der Waals surface area contributed by atoms with Crippen molar-refractivity contribution in [1.29, 1.82) is 0 Å². The van der Waals surface area contributed by atoms with Gasteiger partial charge < -0.3 is 15.1 Å². The summed E-state index contributed by atoms with van der Waals surface area (Å²) < 4.78 is 0. The van der Waals surface area contributed by atoms with Crippen molar-refractivity contribution < 1.29 is 4.79 Å². The van der Waals surface area contributed by atoms with Gasteiger partial charge in [0.05, 0.1) is 5.41 Å². The normalized spacial score (nSPS) is 30.4. The van der Waals surface area contributed by atoms with Gasteiger partial charge >= 0.3 is 0 Å². The number of carbonyl (C=O) groups excluding carboxylic acids is 1. The van der Waals surface area contributed by atoms with Crippen LogP contribution in [0.15, 0.2) is 0 Å². The lowest BCUT2D eigenvalue weighted by molar-refractivity contribution is -0.141. The predicted molar refractivity (Wildman–Crippen MR) is 73.5 cm³/mol. The molecule has 0 aromatic heterocycles. The molecule has 0 spiro atoms. The Bertz CT molecular complexity index is 287. The van der Waals surface area contributed by atoms with Crippen LogP contribution in [-0.4, -0.2) is 62.0 Å². The van der Waals surface area contributed by atoms with Crippen molar-refractivity contribution in [2.45, 2.75) is 32.6 Å². The second-order valence-corrected chi connectivity index (χ2v) is 5.91. The lowest BCUT2D eigenvalue weighted by Crippen LogP contribution is -2.46. The van der Waals surface area contributed by atoms with Crippen molar-refractivity contribution in [2.24, 2.45) is 5.41 Å². The first-order valence-corrected chi connectivity index (χ1v) is 7.36. The quantitative estimate of drug-likeness (QED) is 0.813. The minimum Gasteiger partial charge on any atom is -0.341 e. The first-order chi connectivity index (χ1) is 8.68. The van der Waals surface area contributed by atoms with Crippen LogP contribution in [0.2, 0.25) is 0 Å². The van der Waals surface area contributed by atoms with Crippen LogP contribution in [0, 0.1) is 5.41 Å². The van der Waals surface area contributed by atoms with E-state index in [9.17, 15) is 4.79 Å². The minimum absolute atomic E-state index is 0.0995. The number of hydrogen-bond acceptors (Lipinski definition) is 3. The fourth-order valence-corrected chi connectivity index (χ4v) is 3.31. The Morgan fingerprint density at radius 1 is 1.28 bits per heavy atom. The SMILES string of the molecule is CCCC1(C(=O)N2CCCN(C)CC2)CCNC1. The molecule has 4 heteroatoms. The van der Waals surface area contributed by atoms with E-state index in [0.717, 1.165) is 65.0 Å². The summed E-state index contributed by atoms with van der Waals surface area (Å²) >= 11 is 0. The summed E-state index contributed by atoms with van der Waals surface area (Å²) in [6.45, 7) is 8.04. The molecule has 0 saturated carbocycles. The summed E-state index contributed by atoms with van der Waals surface area (Å²) in [4.78, 5) is 17.3. The summed E-state index contributed by atoms with van der Waals surface area (Å²) in [5, 5.41) is 3.38. The second-order valence-electron chi connectivity index (χ2n) is 5.91. The monoisotopic (exact) mass is 253 g/mol. The van der Waals surface area contributed by atoms with Crippen LogP contribution < -0.4 is 5.32 Å². The smallest absolute Gasteiger partial charge is 0.230 e. The van der Waals surface area contributed by atoms with E-state index in [1.807, 2.05) is 0 Å². The Balaban J connectivity index is 2.03. The van der Waals surface area contributed by atoms with E-state index in [4.69, 9.17) is 0 Å². The number of nitrogens with zero attached hydrogens (tertiary/aromatic N) is 2. The topological polar surface area (TPSA) is 35.6 Å². The molecule has 1 unspecified atom stereocenters. The lowest BCUT2D eigenvalue weighted by atomic mass is 9.81. The molecular weight excluding hydrogens is 226 g/mol. The fraction of sp³-hybridized carbons (Fsp3) is 0.929. The highest BCUT2D eigenvalue weighted by atomic mass is 16.2. The van der Waals surface area contributed by atoms with Crippen molar-refractivity contribution in [3.63, 3.8) is 0 Å². The summed E-state index contributed by atoms with van der Waals surface area (Å²) in [7, 11) is 2.15. The zero-order valence-corrected chi connectivity index (χ0v) is 11.9. The molecule has 2 saturated heterocycles. The Morgan fingerprint density at radius 3 is 2.78 bits per heavy atom. The van der Waals surface area contributed by atoms with Crippen molar-refractivity contribution in [2.75, 3.05) is 46.3 Å². The highest BCUT2D eigenvalue weighted by Crippen LogP contribution is 2.33. The maximum atomic E-state index is 12.8. The Kier molecular flexibility index (Phi) is 4.62. The van der Waals surface area contributed by atoms with Crippen molar-refractivity contribution in [3.05, 3.63) is 0 Å². The molecule has 2 aliphatic rings. The van der Waals surface area contributed by atoms with E-state index in [1.54, 1.807) is 0 Å². The van der Waals surface area contributed by atoms with Crippen LogP contribution in [0.5, 0.6) is 0 Å². The fourth-order valence-electron chi connectivity index (χ4n) is 3.31. The molecule has 18 heavy (non-hydrogen) atoms. The highest BCUT2D eigenvalue weighted by molar-refractivity contribution is 5.83. The van der Waals surface area contributed by atoms with Crippen LogP contribution in [0.25, 0.3) is 0 Å². The molecule has 2 fully saturated rings. The molecule has 2 heterocycles. The van der Waals surface area contributed by atoms with Crippen LogP contribution in [-0.2, 0) is 4.79 Å². The van der Waals surface area contributed by atoms with Crippen LogP contribution in [0.1, 0.15) is 32.6 Å². The van der Waals surface area contributed by atoms with E-state index in [-0.39, 0.29) is 5.41 Å². The standard InChI is InChI=1S/C14H27N3O/c1-3-5-14(6-7-15-12-14)13(18)17-9-4-8-16(2)10-11-17/h15H,3-12H2,1-2H3. The molecule has 0 aliphatic carbocycles. The van der Waals surface area contributed by atoms with Crippen molar-refractivity contribution in [3.8, 4) is 0 Å². The maximum absolute atomic E-state index is 12.8. The van der Waals surface area contributed by atoms with Crippen molar-refractivity contribution in [1.82, 2.24) is 15.1 Å². The van der Waals surface area contributed by atoms with Crippen LogP contribution >= 0.6 is 0 Å². The maximum Gasteiger partial charge on any atom is 0.230 e. The van der Waals surface area contributed by atoms with Gasteiger partial charge in [-0.25, -0.2) is 0 Å². The van der Waals surface area contributed by atoms with Gasteiger partial charge in [0.2, 0.25) is 5.91 Å². The van der Waals surface area contributed by atoms with Gasteiger partial charge in [-0.05, 0) is 39.4 Å². The third-order valence-corrected chi connectivity index (χ3v) is 4.43. The lowest BCUT2D eigenvalue weighted by Gasteiger charge is -2.33. The summed E-state index contributed by atoms with van der Waals surface area (Å²) in [5.41, 5.74) is -0.0995. The van der Waals surface area contributed by atoms with Gasteiger partial charge in [0.1, 0.15) is 0 Å². The molecule has 4 nitrogen and oxygen atoms in total. The Labute approximate surface area is 111 Å². The molecule has 1 N–H and O–H groups in total. The molecule has 2 aliphatic heterocycles. The number of likely N-dealkylation sites (N-methyl/N-ethyl adjacent to an activating group) is 1. The van der Waals surface area contributed by atoms with Gasteiger partial charge in [-0.2, -0.15) is 0 Å². The molecule has 0 radical (unpaired) electrons.